The van der Waals surface area contributed by atoms with E-state index in [-0.39, 0.29) is 11.8 Å². The Morgan fingerprint density at radius 2 is 1.90 bits per heavy atom. The van der Waals surface area contributed by atoms with Crippen LogP contribution in [-0.4, -0.2) is 38.0 Å². The fraction of sp³-hybridized carbons (Fsp3) is 0.333. The third-order valence-electron chi connectivity index (χ3n) is 5.34. The molecule has 1 aliphatic heterocycles. The first kappa shape index (κ1) is 18.9. The summed E-state index contributed by atoms with van der Waals surface area (Å²) in [4.78, 5) is 42.8. The molecule has 1 aliphatic rings. The monoisotopic (exact) mass is 394 g/mol. The molecule has 2 aromatic heterocycles. The number of nitrogens with zero attached hydrogens (tertiary/aromatic N) is 4. The van der Waals surface area contributed by atoms with Crippen LogP contribution in [0.1, 0.15) is 30.2 Å². The van der Waals surface area contributed by atoms with Crippen molar-refractivity contribution in [2.45, 2.75) is 18.8 Å². The molecule has 1 amide bonds. The number of likely N-dealkylation sites (tertiary alicyclic amines) is 1. The van der Waals surface area contributed by atoms with Crippen molar-refractivity contribution in [2.24, 2.45) is 14.1 Å². The Kier molecular flexibility index (Phi) is 4.92. The molecule has 4 rings (SSSR count). The lowest BCUT2D eigenvalue weighted by Gasteiger charge is -2.29. The maximum atomic E-state index is 12.5. The van der Waals surface area contributed by atoms with Gasteiger partial charge in [-0.25, -0.2) is 9.78 Å². The van der Waals surface area contributed by atoms with Crippen LogP contribution in [0, 0.1) is 0 Å². The smallest absolute Gasteiger partial charge is 0.330 e. The van der Waals surface area contributed by atoms with Crippen molar-refractivity contribution in [2.75, 3.05) is 13.1 Å². The highest BCUT2D eigenvalue weighted by Crippen LogP contribution is 2.29. The van der Waals surface area contributed by atoms with Crippen molar-refractivity contribution in [3.63, 3.8) is 0 Å². The van der Waals surface area contributed by atoms with Gasteiger partial charge in [0, 0.05) is 45.4 Å². The number of piperidine rings is 1. The van der Waals surface area contributed by atoms with Crippen molar-refractivity contribution in [3.05, 3.63) is 68.8 Å². The first-order valence-electron chi connectivity index (χ1n) is 9.53. The molecule has 3 heterocycles. The third-order valence-corrected chi connectivity index (χ3v) is 5.34. The molecule has 8 nitrogen and oxygen atoms in total. The predicted octanol–water partition coefficient (Wildman–Crippen LogP) is 1.64. The van der Waals surface area contributed by atoms with E-state index < -0.39 is 11.2 Å². The second-order valence-corrected chi connectivity index (χ2v) is 7.29. The Morgan fingerprint density at radius 1 is 1.17 bits per heavy atom. The number of carbonyl (C=O) groups is 1. The Morgan fingerprint density at radius 3 is 2.62 bits per heavy atom. The van der Waals surface area contributed by atoms with Gasteiger partial charge in [0.05, 0.1) is 5.56 Å². The SMILES string of the molecule is Cn1cc(/C=C/C(=O)N2CCC(c3nc4ccccc4o3)CC2)c(=O)n(C)c1=O. The van der Waals surface area contributed by atoms with E-state index >= 15 is 0 Å². The normalized spacial score (nSPS) is 15.4. The van der Waals surface area contributed by atoms with Crippen LogP contribution in [0.5, 0.6) is 0 Å². The molecule has 8 heteroatoms. The minimum absolute atomic E-state index is 0.156. The van der Waals surface area contributed by atoms with Gasteiger partial charge in [0.15, 0.2) is 11.5 Å². The topological polar surface area (TPSA) is 90.3 Å². The number of amides is 1. The molecule has 0 N–H and O–H groups in total. The Hall–Kier alpha value is -3.42. The van der Waals surface area contributed by atoms with Crippen molar-refractivity contribution in [1.82, 2.24) is 19.0 Å². The maximum Gasteiger partial charge on any atom is 0.330 e. The Bertz CT molecular complexity index is 1180. The van der Waals surface area contributed by atoms with E-state index in [9.17, 15) is 14.4 Å². The van der Waals surface area contributed by atoms with Crippen molar-refractivity contribution >= 4 is 23.1 Å². The molecule has 0 spiro atoms. The molecule has 1 saturated heterocycles. The first-order chi connectivity index (χ1) is 13.9. The van der Waals surface area contributed by atoms with Crippen LogP contribution >= 0.6 is 0 Å². The van der Waals surface area contributed by atoms with E-state index in [4.69, 9.17) is 4.42 Å². The zero-order valence-corrected chi connectivity index (χ0v) is 16.4. The number of aromatic nitrogens is 3. The quantitative estimate of drug-likeness (QED) is 0.630. The van der Waals surface area contributed by atoms with Gasteiger partial charge in [-0.2, -0.15) is 0 Å². The number of para-hydroxylation sites is 2. The summed E-state index contributed by atoms with van der Waals surface area (Å²) in [6, 6.07) is 7.68. The van der Waals surface area contributed by atoms with Gasteiger partial charge in [-0.05, 0) is 31.1 Å². The zero-order chi connectivity index (χ0) is 20.5. The number of hydrogen-bond acceptors (Lipinski definition) is 5. The van der Waals surface area contributed by atoms with Crippen LogP contribution < -0.4 is 11.2 Å². The van der Waals surface area contributed by atoms with Crippen LogP contribution in [0.2, 0.25) is 0 Å². The maximum absolute atomic E-state index is 12.5. The van der Waals surface area contributed by atoms with Gasteiger partial charge in [0.25, 0.3) is 5.56 Å². The second-order valence-electron chi connectivity index (χ2n) is 7.29. The highest BCUT2D eigenvalue weighted by molar-refractivity contribution is 5.91. The van der Waals surface area contributed by atoms with E-state index in [1.54, 1.807) is 11.9 Å². The minimum atomic E-state index is -0.424. The Balaban J connectivity index is 1.42. The van der Waals surface area contributed by atoms with E-state index in [1.165, 1.54) is 30.0 Å². The summed E-state index contributed by atoms with van der Waals surface area (Å²) in [5.41, 5.74) is 1.10. The molecule has 1 aromatic carbocycles. The summed E-state index contributed by atoms with van der Waals surface area (Å²) in [5, 5.41) is 0. The van der Waals surface area contributed by atoms with E-state index in [0.717, 1.165) is 34.4 Å². The number of oxazole rings is 1. The molecule has 0 atom stereocenters. The summed E-state index contributed by atoms with van der Waals surface area (Å²) < 4.78 is 8.20. The van der Waals surface area contributed by atoms with Gasteiger partial charge >= 0.3 is 5.69 Å². The summed E-state index contributed by atoms with van der Waals surface area (Å²) in [5.74, 6) is 0.755. The molecule has 150 valence electrons. The number of hydrogen-bond donors (Lipinski definition) is 0. The number of benzene rings is 1. The lowest BCUT2D eigenvalue weighted by molar-refractivity contribution is -0.127. The summed E-state index contributed by atoms with van der Waals surface area (Å²) in [7, 11) is 2.98. The number of aryl methyl sites for hydroxylation is 1. The lowest BCUT2D eigenvalue weighted by atomic mass is 9.96. The summed E-state index contributed by atoms with van der Waals surface area (Å²) in [6.45, 7) is 1.19. The van der Waals surface area contributed by atoms with E-state index in [2.05, 4.69) is 4.98 Å². The molecule has 0 bridgehead atoms. The number of rotatable bonds is 3. The molecule has 0 radical (unpaired) electrons. The predicted molar refractivity (Wildman–Crippen MR) is 109 cm³/mol. The van der Waals surface area contributed by atoms with Gasteiger partial charge < -0.3 is 13.9 Å². The third kappa shape index (κ3) is 3.65. The summed E-state index contributed by atoms with van der Waals surface area (Å²) in [6.07, 6.45) is 5.84. The van der Waals surface area contributed by atoms with Crippen LogP contribution in [0.15, 0.2) is 50.5 Å². The van der Waals surface area contributed by atoms with Crippen LogP contribution in [0.25, 0.3) is 17.2 Å². The average molecular weight is 394 g/mol. The highest BCUT2D eigenvalue weighted by atomic mass is 16.3. The number of fused-ring (bicyclic) bond motifs is 1. The molecular formula is C21H22N4O4. The zero-order valence-electron chi connectivity index (χ0n) is 16.4. The minimum Gasteiger partial charge on any atom is -0.440 e. The van der Waals surface area contributed by atoms with Gasteiger partial charge in [-0.1, -0.05) is 12.1 Å². The fourth-order valence-electron chi connectivity index (χ4n) is 3.63. The number of carbonyl (C=O) groups excluding carboxylic acids is 1. The van der Waals surface area contributed by atoms with Gasteiger partial charge in [0.1, 0.15) is 5.52 Å². The van der Waals surface area contributed by atoms with Crippen LogP contribution in [0.3, 0.4) is 0 Å². The molecule has 0 unspecified atom stereocenters. The molecule has 1 fully saturated rings. The first-order valence-corrected chi connectivity index (χ1v) is 9.53. The lowest BCUT2D eigenvalue weighted by Crippen LogP contribution is -2.38. The van der Waals surface area contributed by atoms with Crippen molar-refractivity contribution < 1.29 is 9.21 Å². The van der Waals surface area contributed by atoms with Gasteiger partial charge in [-0.15, -0.1) is 0 Å². The van der Waals surface area contributed by atoms with Crippen molar-refractivity contribution in [3.8, 4) is 0 Å². The van der Waals surface area contributed by atoms with Gasteiger partial charge in [-0.3, -0.25) is 14.2 Å². The molecule has 0 saturated carbocycles. The van der Waals surface area contributed by atoms with Crippen molar-refractivity contribution in [1.29, 1.82) is 0 Å². The van der Waals surface area contributed by atoms with Crippen LogP contribution in [-0.2, 0) is 18.9 Å². The largest absolute Gasteiger partial charge is 0.440 e. The van der Waals surface area contributed by atoms with E-state index in [0.29, 0.717) is 18.7 Å². The molecule has 0 aliphatic carbocycles. The molecular weight excluding hydrogens is 372 g/mol. The second kappa shape index (κ2) is 7.54. The fourth-order valence-corrected chi connectivity index (χ4v) is 3.63. The average Bonchev–Trinajstić information content (AvgIpc) is 3.18. The highest BCUT2D eigenvalue weighted by Gasteiger charge is 2.26. The van der Waals surface area contributed by atoms with Gasteiger partial charge in [0.2, 0.25) is 5.91 Å². The van der Waals surface area contributed by atoms with E-state index in [1.807, 2.05) is 24.3 Å². The standard InChI is InChI=1S/C21H22N4O4/c1-23-13-15(20(27)24(2)21(23)28)7-8-18(26)25-11-9-14(10-12-25)19-22-16-5-3-4-6-17(16)29-19/h3-8,13-14H,9-12H2,1-2H3/b8-7+. The Labute approximate surface area is 166 Å². The van der Waals surface area contributed by atoms with Crippen LogP contribution in [0.4, 0.5) is 0 Å². The molecule has 29 heavy (non-hydrogen) atoms. The molecule has 3 aromatic rings. The summed E-state index contributed by atoms with van der Waals surface area (Å²) >= 11 is 0.